The van der Waals surface area contributed by atoms with Gasteiger partial charge in [0.2, 0.25) is 0 Å². The maximum absolute atomic E-state index is 12.2. The van der Waals surface area contributed by atoms with Gasteiger partial charge >= 0.3 is 12.1 Å². The van der Waals surface area contributed by atoms with Gasteiger partial charge in [-0.15, -0.1) is 0 Å². The van der Waals surface area contributed by atoms with Crippen LogP contribution in [0.3, 0.4) is 0 Å². The van der Waals surface area contributed by atoms with Crippen molar-refractivity contribution in [3.05, 3.63) is 36.2 Å². The summed E-state index contributed by atoms with van der Waals surface area (Å²) in [5.74, 6) is -0.438. The van der Waals surface area contributed by atoms with Crippen LogP contribution in [0.15, 0.2) is 30.5 Å². The number of carbonyl (C=O) groups excluding carboxylic acids is 2. The highest BCUT2D eigenvalue weighted by atomic mass is 16.6. The third-order valence-electron chi connectivity index (χ3n) is 3.41. The second-order valence-corrected chi connectivity index (χ2v) is 6.86. The first-order valence-corrected chi connectivity index (χ1v) is 8.93. The van der Waals surface area contributed by atoms with Crippen molar-refractivity contribution in [1.29, 1.82) is 0 Å². The number of rotatable bonds is 7. The molecule has 0 saturated carbocycles. The van der Waals surface area contributed by atoms with Crippen LogP contribution in [0.25, 0.3) is 11.4 Å². The zero-order valence-corrected chi connectivity index (χ0v) is 16.2. The summed E-state index contributed by atoms with van der Waals surface area (Å²) in [5.41, 5.74) is 1.09. The van der Waals surface area contributed by atoms with Crippen LogP contribution in [0.1, 0.15) is 44.6 Å². The van der Waals surface area contributed by atoms with Crippen LogP contribution in [0.4, 0.5) is 4.79 Å². The van der Waals surface area contributed by atoms with Crippen molar-refractivity contribution < 1.29 is 19.1 Å². The lowest BCUT2D eigenvalue weighted by Crippen LogP contribution is -2.33. The molecule has 2 aromatic heterocycles. The van der Waals surface area contributed by atoms with Crippen molar-refractivity contribution in [2.75, 3.05) is 13.2 Å². The Morgan fingerprint density at radius 2 is 2.00 bits per heavy atom. The normalized spacial score (nSPS) is 11.1. The van der Waals surface area contributed by atoms with Gasteiger partial charge in [0.05, 0.1) is 12.3 Å². The van der Waals surface area contributed by atoms with Crippen LogP contribution in [-0.4, -0.2) is 45.6 Å². The summed E-state index contributed by atoms with van der Waals surface area (Å²) >= 11 is 0. The van der Waals surface area contributed by atoms with Crippen LogP contribution >= 0.6 is 0 Å². The molecule has 8 nitrogen and oxygen atoms in total. The number of alkyl carbamates (subject to hydrolysis) is 1. The number of nitrogens with one attached hydrogen (secondary N) is 1. The minimum absolute atomic E-state index is 0.281. The maximum atomic E-state index is 12.2. The highest BCUT2D eigenvalue weighted by Crippen LogP contribution is 2.17. The molecule has 1 amide bonds. The Morgan fingerprint density at radius 3 is 2.63 bits per heavy atom. The van der Waals surface area contributed by atoms with Gasteiger partial charge in [-0.25, -0.2) is 9.59 Å². The molecule has 0 fully saturated rings. The number of nitrogens with zero attached hydrogens (tertiary/aromatic N) is 3. The van der Waals surface area contributed by atoms with E-state index >= 15 is 0 Å². The van der Waals surface area contributed by atoms with Gasteiger partial charge in [0.15, 0.2) is 0 Å². The predicted octanol–water partition coefficient (Wildman–Crippen LogP) is 3.04. The first-order valence-electron chi connectivity index (χ1n) is 8.93. The van der Waals surface area contributed by atoms with E-state index in [9.17, 15) is 9.59 Å². The SMILES string of the molecule is CCOC(=O)c1cc(-c2ccccn2)nn1CCCNC(=O)OC(C)(C)C. The van der Waals surface area contributed by atoms with Crippen LogP contribution in [0.2, 0.25) is 0 Å². The van der Waals surface area contributed by atoms with Crippen LogP contribution in [0.5, 0.6) is 0 Å². The molecule has 2 aromatic rings. The molecule has 0 aliphatic carbocycles. The third-order valence-corrected chi connectivity index (χ3v) is 3.41. The first kappa shape index (κ1) is 20.4. The van der Waals surface area contributed by atoms with Crippen LogP contribution < -0.4 is 5.32 Å². The molecule has 146 valence electrons. The Bertz CT molecular complexity index is 766. The zero-order valence-electron chi connectivity index (χ0n) is 16.2. The average molecular weight is 374 g/mol. The standard InChI is InChI=1S/C19H26N4O4/c1-5-26-17(24)16-13-15(14-9-6-7-10-20-14)22-23(16)12-8-11-21-18(25)27-19(2,3)4/h6-7,9-10,13H,5,8,11-12H2,1-4H3,(H,21,25). The molecule has 2 rings (SSSR count). The summed E-state index contributed by atoms with van der Waals surface area (Å²) in [6.45, 7) is 8.29. The molecular formula is C19H26N4O4. The molecule has 0 atom stereocenters. The molecule has 1 N–H and O–H groups in total. The predicted molar refractivity (Wildman–Crippen MR) is 100 cm³/mol. The maximum Gasteiger partial charge on any atom is 0.407 e. The summed E-state index contributed by atoms with van der Waals surface area (Å²) in [5, 5.41) is 7.16. The number of hydrogen-bond acceptors (Lipinski definition) is 6. The van der Waals surface area contributed by atoms with Crippen molar-refractivity contribution in [1.82, 2.24) is 20.1 Å². The smallest absolute Gasteiger partial charge is 0.407 e. The van der Waals surface area contributed by atoms with Gasteiger partial charge in [0.25, 0.3) is 0 Å². The van der Waals surface area contributed by atoms with Gasteiger partial charge in [-0.1, -0.05) is 6.07 Å². The molecule has 27 heavy (non-hydrogen) atoms. The average Bonchev–Trinajstić information content (AvgIpc) is 3.02. The van der Waals surface area contributed by atoms with Gasteiger partial charge in [0, 0.05) is 25.4 Å². The zero-order chi connectivity index (χ0) is 19.9. The van der Waals surface area contributed by atoms with Gasteiger partial charge in [0.1, 0.15) is 17.0 Å². The van der Waals surface area contributed by atoms with Gasteiger partial charge in [-0.3, -0.25) is 9.67 Å². The van der Waals surface area contributed by atoms with E-state index in [1.165, 1.54) is 0 Å². The van der Waals surface area contributed by atoms with Gasteiger partial charge < -0.3 is 14.8 Å². The number of ether oxygens (including phenoxy) is 2. The second-order valence-electron chi connectivity index (χ2n) is 6.86. The monoisotopic (exact) mass is 374 g/mol. The van der Waals surface area contributed by atoms with E-state index in [1.54, 1.807) is 44.6 Å². The molecule has 0 unspecified atom stereocenters. The van der Waals surface area contributed by atoms with Crippen LogP contribution in [0, 0.1) is 0 Å². The lowest BCUT2D eigenvalue weighted by atomic mass is 10.2. The van der Waals surface area contributed by atoms with E-state index in [-0.39, 0.29) is 6.61 Å². The summed E-state index contributed by atoms with van der Waals surface area (Å²) < 4.78 is 11.9. The highest BCUT2D eigenvalue weighted by Gasteiger charge is 2.18. The van der Waals surface area contributed by atoms with E-state index in [2.05, 4.69) is 15.4 Å². The lowest BCUT2D eigenvalue weighted by Gasteiger charge is -2.19. The van der Waals surface area contributed by atoms with Crippen molar-refractivity contribution in [2.45, 2.75) is 46.3 Å². The molecule has 0 aromatic carbocycles. The van der Waals surface area contributed by atoms with Gasteiger partial charge in [-0.05, 0) is 46.2 Å². The Balaban J connectivity index is 2.03. The number of amides is 1. The minimum Gasteiger partial charge on any atom is -0.461 e. The summed E-state index contributed by atoms with van der Waals surface area (Å²) in [6.07, 6.45) is 1.78. The number of pyridine rings is 1. The summed E-state index contributed by atoms with van der Waals surface area (Å²) in [4.78, 5) is 28.2. The molecule has 0 aliphatic rings. The molecular weight excluding hydrogens is 348 g/mol. The second kappa shape index (κ2) is 9.16. The van der Waals surface area contributed by atoms with E-state index in [0.29, 0.717) is 36.6 Å². The molecule has 0 aliphatic heterocycles. The summed E-state index contributed by atoms with van der Waals surface area (Å²) in [6, 6.07) is 7.17. The molecule has 2 heterocycles. The summed E-state index contributed by atoms with van der Waals surface area (Å²) in [7, 11) is 0. The number of esters is 1. The Kier molecular flexibility index (Phi) is 6.92. The fraction of sp³-hybridized carbons (Fsp3) is 0.474. The minimum atomic E-state index is -0.541. The van der Waals surface area contributed by atoms with Crippen molar-refractivity contribution in [2.24, 2.45) is 0 Å². The van der Waals surface area contributed by atoms with Crippen molar-refractivity contribution in [3.63, 3.8) is 0 Å². The number of aryl methyl sites for hydroxylation is 1. The fourth-order valence-corrected chi connectivity index (χ4v) is 2.33. The largest absolute Gasteiger partial charge is 0.461 e. The van der Waals surface area contributed by atoms with E-state index < -0.39 is 17.7 Å². The fourth-order valence-electron chi connectivity index (χ4n) is 2.33. The number of hydrogen-bond donors (Lipinski definition) is 1. The lowest BCUT2D eigenvalue weighted by molar-refractivity contribution is 0.0501. The molecule has 0 spiro atoms. The molecule has 0 bridgehead atoms. The first-order chi connectivity index (χ1) is 12.8. The van der Waals surface area contributed by atoms with Crippen molar-refractivity contribution >= 4 is 12.1 Å². The Labute approximate surface area is 158 Å². The quantitative estimate of drug-likeness (QED) is 0.591. The molecule has 0 saturated heterocycles. The van der Waals surface area contributed by atoms with E-state index in [0.717, 1.165) is 0 Å². The van der Waals surface area contributed by atoms with E-state index in [1.807, 2.05) is 18.2 Å². The third kappa shape index (κ3) is 6.40. The van der Waals surface area contributed by atoms with E-state index in [4.69, 9.17) is 9.47 Å². The molecule has 0 radical (unpaired) electrons. The van der Waals surface area contributed by atoms with Crippen LogP contribution in [-0.2, 0) is 16.0 Å². The molecule has 8 heteroatoms. The van der Waals surface area contributed by atoms with Gasteiger partial charge in [-0.2, -0.15) is 5.10 Å². The van der Waals surface area contributed by atoms with Crippen molar-refractivity contribution in [3.8, 4) is 11.4 Å². The Hall–Kier alpha value is -2.90. The topological polar surface area (TPSA) is 95.3 Å². The number of carbonyl (C=O) groups is 2. The number of aromatic nitrogens is 3. The Morgan fingerprint density at radius 1 is 1.22 bits per heavy atom. The highest BCUT2D eigenvalue weighted by molar-refractivity contribution is 5.88.